The number of aliphatic hydroxyl groups excluding tert-OH is 1. The largest absolute Gasteiger partial charge is 0.458 e. The van der Waals surface area contributed by atoms with Gasteiger partial charge in [-0.15, -0.1) is 0 Å². The summed E-state index contributed by atoms with van der Waals surface area (Å²) in [7, 11) is 1.64. The van der Waals surface area contributed by atoms with E-state index in [0.29, 0.717) is 18.4 Å². The maximum atomic E-state index is 11.4. The number of esters is 1. The Kier molecular flexibility index (Phi) is 3.88. The molecular weight excluding hydrogens is 348 g/mol. The molecule has 0 unspecified atom stereocenters. The molecule has 2 saturated carbocycles. The van der Waals surface area contributed by atoms with Crippen LogP contribution in [-0.2, 0) is 23.7 Å². The van der Waals surface area contributed by atoms with Crippen molar-refractivity contribution in [2.24, 2.45) is 22.7 Å². The van der Waals surface area contributed by atoms with E-state index < -0.39 is 23.6 Å². The quantitative estimate of drug-likeness (QED) is 0.598. The molecule has 0 amide bonds. The first-order chi connectivity index (χ1) is 12.9. The molecule has 6 heteroatoms. The van der Waals surface area contributed by atoms with Crippen molar-refractivity contribution in [1.82, 2.24) is 0 Å². The number of ether oxygens (including phenoxy) is 4. The smallest absolute Gasteiger partial charge is 0.331 e. The molecule has 27 heavy (non-hydrogen) atoms. The second kappa shape index (κ2) is 5.78. The zero-order valence-corrected chi connectivity index (χ0v) is 16.4. The first kappa shape index (κ1) is 18.1. The molecule has 3 heterocycles. The van der Waals surface area contributed by atoms with Crippen LogP contribution in [0.5, 0.6) is 0 Å². The molecule has 0 radical (unpaired) electrons. The molecule has 4 fully saturated rings. The van der Waals surface area contributed by atoms with E-state index in [1.54, 1.807) is 13.2 Å². The molecule has 0 bridgehead atoms. The number of epoxide rings is 1. The van der Waals surface area contributed by atoms with Gasteiger partial charge in [-0.1, -0.05) is 13.8 Å². The maximum Gasteiger partial charge on any atom is 0.331 e. The summed E-state index contributed by atoms with van der Waals surface area (Å²) in [5.74, 6) is 0.617. The molecular formula is C21H30O6. The summed E-state index contributed by atoms with van der Waals surface area (Å²) in [6.07, 6.45) is 6.28. The highest BCUT2D eigenvalue weighted by Crippen LogP contribution is 2.75. The van der Waals surface area contributed by atoms with Gasteiger partial charge in [0.1, 0.15) is 6.61 Å². The van der Waals surface area contributed by atoms with Gasteiger partial charge >= 0.3 is 5.97 Å². The SMILES string of the molecule is CO[C@H]1O[C@@H](O)[C@@]23CC[C@H](C)[C@@](C)(CCC4=CC(=O)OC4)[C@@H]2CC[C@@H]2O[C@@]123. The number of carbonyl (C=O) groups is 1. The molecule has 6 nitrogen and oxygen atoms in total. The van der Waals surface area contributed by atoms with E-state index in [0.717, 1.165) is 44.1 Å². The van der Waals surface area contributed by atoms with E-state index in [-0.39, 0.29) is 17.5 Å². The van der Waals surface area contributed by atoms with Crippen molar-refractivity contribution in [3.05, 3.63) is 11.6 Å². The van der Waals surface area contributed by atoms with Gasteiger partial charge < -0.3 is 24.1 Å². The Morgan fingerprint density at radius 2 is 2.15 bits per heavy atom. The third-order valence-corrected chi connectivity index (χ3v) is 8.70. The minimum Gasteiger partial charge on any atom is -0.458 e. The standard InChI is InChI=1S/C21H30O6/c1-12-6-9-20-14(19(12,2)8-7-13-10-16(22)25-11-13)4-5-15-21(20,27-15)18(24-3)26-17(20)23/h10,12,14-15,17-18,23H,4-9,11H2,1-3H3/t12-,14-,15-,17+,18-,19+,20+,21+/m0/s1. The Morgan fingerprint density at radius 1 is 1.33 bits per heavy atom. The van der Waals surface area contributed by atoms with E-state index >= 15 is 0 Å². The van der Waals surface area contributed by atoms with Gasteiger partial charge in [0.25, 0.3) is 0 Å². The number of hydrogen-bond donors (Lipinski definition) is 1. The van der Waals surface area contributed by atoms with Crippen molar-refractivity contribution in [3.63, 3.8) is 0 Å². The average molecular weight is 378 g/mol. The molecule has 3 aliphatic heterocycles. The van der Waals surface area contributed by atoms with Gasteiger partial charge in [-0.3, -0.25) is 0 Å². The molecule has 150 valence electrons. The van der Waals surface area contributed by atoms with Crippen LogP contribution < -0.4 is 0 Å². The second-order valence-electron chi connectivity index (χ2n) is 9.48. The van der Waals surface area contributed by atoms with E-state index in [1.165, 1.54) is 0 Å². The summed E-state index contributed by atoms with van der Waals surface area (Å²) in [6.45, 7) is 5.12. The van der Waals surface area contributed by atoms with Crippen LogP contribution in [-0.4, -0.2) is 49.1 Å². The van der Waals surface area contributed by atoms with Gasteiger partial charge in [0.15, 0.2) is 18.2 Å². The lowest BCUT2D eigenvalue weighted by Crippen LogP contribution is -2.61. The Hall–Kier alpha value is -0.950. The Labute approximate surface area is 160 Å². The highest BCUT2D eigenvalue weighted by Gasteiger charge is 2.85. The summed E-state index contributed by atoms with van der Waals surface area (Å²) in [6, 6.07) is 0. The maximum absolute atomic E-state index is 11.4. The lowest BCUT2D eigenvalue weighted by Gasteiger charge is -2.59. The molecule has 2 aliphatic carbocycles. The number of cyclic esters (lactones) is 1. The predicted molar refractivity (Wildman–Crippen MR) is 95.4 cm³/mol. The number of aliphatic hydroxyl groups is 1. The topological polar surface area (TPSA) is 77.5 Å². The minimum absolute atomic E-state index is 0.0433. The Balaban J connectivity index is 1.48. The van der Waals surface area contributed by atoms with Crippen LogP contribution in [0.25, 0.3) is 0 Å². The summed E-state index contributed by atoms with van der Waals surface area (Å²) < 4.78 is 22.9. The Morgan fingerprint density at radius 3 is 2.85 bits per heavy atom. The summed E-state index contributed by atoms with van der Waals surface area (Å²) in [5, 5.41) is 11.1. The fraction of sp³-hybridized carbons (Fsp3) is 0.857. The normalized spacial score (nSPS) is 53.3. The van der Waals surface area contributed by atoms with Crippen molar-refractivity contribution in [2.45, 2.75) is 76.7 Å². The van der Waals surface area contributed by atoms with Crippen LogP contribution in [0.2, 0.25) is 0 Å². The zero-order chi connectivity index (χ0) is 19.0. The van der Waals surface area contributed by atoms with Gasteiger partial charge in [-0.2, -0.15) is 0 Å². The number of methoxy groups -OCH3 is 1. The number of rotatable bonds is 4. The molecule has 8 atom stereocenters. The van der Waals surface area contributed by atoms with Crippen LogP contribution in [0.3, 0.4) is 0 Å². The highest BCUT2D eigenvalue weighted by atomic mass is 16.8. The molecule has 5 aliphatic rings. The van der Waals surface area contributed by atoms with E-state index in [9.17, 15) is 9.90 Å². The summed E-state index contributed by atoms with van der Waals surface area (Å²) in [4.78, 5) is 11.4. The molecule has 0 aromatic rings. The average Bonchev–Trinajstić information content (AvgIpc) is 3.18. The van der Waals surface area contributed by atoms with Crippen molar-refractivity contribution < 1.29 is 28.8 Å². The number of carbonyl (C=O) groups excluding carboxylic acids is 1. The second-order valence-corrected chi connectivity index (χ2v) is 9.48. The first-order valence-electron chi connectivity index (χ1n) is 10.3. The first-order valence-corrected chi connectivity index (χ1v) is 10.3. The third kappa shape index (κ3) is 2.13. The van der Waals surface area contributed by atoms with Gasteiger partial charge in [0.2, 0.25) is 0 Å². The van der Waals surface area contributed by atoms with Crippen molar-refractivity contribution >= 4 is 5.97 Å². The lowest BCUT2D eigenvalue weighted by atomic mass is 9.44. The summed E-state index contributed by atoms with van der Waals surface area (Å²) in [5.41, 5.74) is 0.240. The predicted octanol–water partition coefficient (Wildman–Crippen LogP) is 2.54. The van der Waals surface area contributed by atoms with Gasteiger partial charge in [-0.25, -0.2) is 4.79 Å². The minimum atomic E-state index is -0.847. The van der Waals surface area contributed by atoms with Crippen molar-refractivity contribution in [1.29, 1.82) is 0 Å². The molecule has 2 spiro atoms. The molecule has 0 aromatic heterocycles. The van der Waals surface area contributed by atoms with Crippen LogP contribution in [0.1, 0.15) is 52.4 Å². The van der Waals surface area contributed by atoms with E-state index in [2.05, 4.69) is 13.8 Å². The monoisotopic (exact) mass is 378 g/mol. The number of hydrogen-bond acceptors (Lipinski definition) is 6. The van der Waals surface area contributed by atoms with Crippen LogP contribution in [0.4, 0.5) is 0 Å². The molecule has 0 aromatic carbocycles. The lowest BCUT2D eigenvalue weighted by molar-refractivity contribution is -0.216. The van der Waals surface area contributed by atoms with E-state index in [4.69, 9.17) is 18.9 Å². The molecule has 1 N–H and O–H groups in total. The fourth-order valence-corrected chi connectivity index (χ4v) is 7.04. The summed E-state index contributed by atoms with van der Waals surface area (Å²) >= 11 is 0. The highest BCUT2D eigenvalue weighted by molar-refractivity contribution is 5.85. The van der Waals surface area contributed by atoms with Crippen LogP contribution in [0, 0.1) is 22.7 Å². The molecule has 2 saturated heterocycles. The fourth-order valence-electron chi connectivity index (χ4n) is 7.04. The van der Waals surface area contributed by atoms with Crippen molar-refractivity contribution in [2.75, 3.05) is 13.7 Å². The van der Waals surface area contributed by atoms with Gasteiger partial charge in [0.05, 0.1) is 11.5 Å². The van der Waals surface area contributed by atoms with Crippen molar-refractivity contribution in [3.8, 4) is 0 Å². The van der Waals surface area contributed by atoms with Crippen LogP contribution in [0.15, 0.2) is 11.6 Å². The molecule has 5 rings (SSSR count). The van der Waals surface area contributed by atoms with Gasteiger partial charge in [-0.05, 0) is 61.3 Å². The third-order valence-electron chi connectivity index (χ3n) is 8.70. The van der Waals surface area contributed by atoms with Gasteiger partial charge in [0, 0.05) is 13.2 Å². The van der Waals surface area contributed by atoms with Crippen LogP contribution >= 0.6 is 0 Å². The zero-order valence-electron chi connectivity index (χ0n) is 16.4. The Bertz CT molecular complexity index is 690. The van der Waals surface area contributed by atoms with E-state index in [1.807, 2.05) is 0 Å².